The summed E-state index contributed by atoms with van der Waals surface area (Å²) in [6.07, 6.45) is 3.06. The maximum atomic E-state index is 12.2. The van der Waals surface area contributed by atoms with Crippen molar-refractivity contribution in [2.24, 2.45) is 0 Å². The number of anilines is 1. The van der Waals surface area contributed by atoms with Crippen molar-refractivity contribution in [1.29, 1.82) is 0 Å². The zero-order chi connectivity index (χ0) is 18.8. The Morgan fingerprint density at radius 2 is 1.77 bits per heavy atom. The fraction of sp³-hybridized carbons (Fsp3) is 0.238. The van der Waals surface area contributed by atoms with Gasteiger partial charge in [-0.25, -0.2) is 4.79 Å². The van der Waals surface area contributed by atoms with Crippen molar-refractivity contribution >= 4 is 23.6 Å². The molecule has 0 bridgehead atoms. The average molecular weight is 352 g/mol. The number of esters is 1. The molecule has 26 heavy (non-hydrogen) atoms. The van der Waals surface area contributed by atoms with Gasteiger partial charge in [-0.2, -0.15) is 0 Å². The molecule has 0 aliphatic heterocycles. The molecule has 136 valence electrons. The van der Waals surface area contributed by atoms with Gasteiger partial charge < -0.3 is 10.1 Å². The lowest BCUT2D eigenvalue weighted by atomic mass is 10.2. The maximum Gasteiger partial charge on any atom is 0.330 e. The van der Waals surface area contributed by atoms with E-state index in [1.165, 1.54) is 11.6 Å². The van der Waals surface area contributed by atoms with Crippen LogP contribution in [0.4, 0.5) is 5.69 Å². The molecule has 0 saturated heterocycles. The maximum absolute atomic E-state index is 12.2. The van der Waals surface area contributed by atoms with Crippen LogP contribution in [0.15, 0.2) is 60.7 Å². The highest BCUT2D eigenvalue weighted by atomic mass is 16.5. The van der Waals surface area contributed by atoms with Crippen LogP contribution in [0.5, 0.6) is 0 Å². The quantitative estimate of drug-likeness (QED) is 0.585. The number of carbonyl (C=O) groups is 2. The second-order valence-electron chi connectivity index (χ2n) is 5.91. The number of carbonyl (C=O) groups excluding carboxylic acids is 2. The Morgan fingerprint density at radius 1 is 1.08 bits per heavy atom. The van der Waals surface area contributed by atoms with Crippen LogP contribution in [0, 0.1) is 0 Å². The summed E-state index contributed by atoms with van der Waals surface area (Å²) < 4.78 is 4.83. The Hall–Kier alpha value is -2.92. The second kappa shape index (κ2) is 10.2. The first-order valence-corrected chi connectivity index (χ1v) is 8.54. The first-order valence-electron chi connectivity index (χ1n) is 8.54. The summed E-state index contributed by atoms with van der Waals surface area (Å²) in [4.78, 5) is 25.4. The van der Waals surface area contributed by atoms with E-state index in [1.54, 1.807) is 25.1 Å². The number of likely N-dealkylation sites (N-methyl/N-ethyl adjacent to an activating group) is 1. The number of rotatable bonds is 8. The predicted octanol–water partition coefficient (Wildman–Crippen LogP) is 3.33. The minimum atomic E-state index is -0.369. The van der Waals surface area contributed by atoms with Gasteiger partial charge in [-0.05, 0) is 43.3 Å². The molecule has 1 N–H and O–H groups in total. The Bertz CT molecular complexity index is 740. The van der Waals surface area contributed by atoms with Crippen LogP contribution in [0.1, 0.15) is 18.1 Å². The molecule has 0 heterocycles. The normalized spacial score (nSPS) is 10.9. The summed E-state index contributed by atoms with van der Waals surface area (Å²) in [7, 11) is 1.91. The minimum Gasteiger partial charge on any atom is -0.463 e. The molecule has 0 atom stereocenters. The molecule has 0 aromatic heterocycles. The molecule has 1 amide bonds. The molecule has 0 radical (unpaired) electrons. The zero-order valence-electron chi connectivity index (χ0n) is 15.1. The summed E-state index contributed by atoms with van der Waals surface area (Å²) in [5.41, 5.74) is 2.74. The van der Waals surface area contributed by atoms with Gasteiger partial charge in [0, 0.05) is 18.3 Å². The monoisotopic (exact) mass is 352 g/mol. The second-order valence-corrected chi connectivity index (χ2v) is 5.91. The highest BCUT2D eigenvalue weighted by Gasteiger charge is 2.07. The van der Waals surface area contributed by atoms with Crippen LogP contribution < -0.4 is 5.32 Å². The van der Waals surface area contributed by atoms with E-state index in [1.807, 2.05) is 54.4 Å². The van der Waals surface area contributed by atoms with E-state index in [0.717, 1.165) is 11.3 Å². The smallest absolute Gasteiger partial charge is 0.330 e. The third-order valence-electron chi connectivity index (χ3n) is 3.60. The SMILES string of the molecule is CCOC(=O)/C=C/c1ccc(NC(=O)CN(C)Cc2ccccc2)cc1. The van der Waals surface area contributed by atoms with Crippen LogP contribution in [0.2, 0.25) is 0 Å². The summed E-state index contributed by atoms with van der Waals surface area (Å²) in [6, 6.07) is 17.3. The van der Waals surface area contributed by atoms with Crippen LogP contribution in [-0.2, 0) is 20.9 Å². The molecule has 0 unspecified atom stereocenters. The summed E-state index contributed by atoms with van der Waals surface area (Å²) >= 11 is 0. The molecule has 2 aromatic rings. The molecule has 2 rings (SSSR count). The molecule has 0 fully saturated rings. The highest BCUT2D eigenvalue weighted by Crippen LogP contribution is 2.11. The van der Waals surface area contributed by atoms with Crippen molar-refractivity contribution in [3.63, 3.8) is 0 Å². The first kappa shape index (κ1) is 19.4. The fourth-order valence-corrected chi connectivity index (χ4v) is 2.43. The van der Waals surface area contributed by atoms with Gasteiger partial charge in [-0.1, -0.05) is 42.5 Å². The molecule has 0 saturated carbocycles. The number of nitrogens with one attached hydrogen (secondary N) is 1. The molecule has 0 aliphatic carbocycles. The third kappa shape index (κ3) is 6.91. The van der Waals surface area contributed by atoms with Gasteiger partial charge in [-0.3, -0.25) is 9.69 Å². The Balaban J connectivity index is 1.82. The van der Waals surface area contributed by atoms with E-state index in [9.17, 15) is 9.59 Å². The standard InChI is InChI=1S/C21H24N2O3/c1-3-26-21(25)14-11-17-9-12-19(13-10-17)22-20(24)16-23(2)15-18-7-5-4-6-8-18/h4-14H,3,15-16H2,1-2H3,(H,22,24)/b14-11+. The third-order valence-corrected chi connectivity index (χ3v) is 3.60. The van der Waals surface area contributed by atoms with Crippen molar-refractivity contribution in [3.05, 3.63) is 71.8 Å². The van der Waals surface area contributed by atoms with Crippen LogP contribution >= 0.6 is 0 Å². The molecule has 5 heteroatoms. The average Bonchev–Trinajstić information content (AvgIpc) is 2.62. The van der Waals surface area contributed by atoms with E-state index >= 15 is 0 Å². The van der Waals surface area contributed by atoms with E-state index in [-0.39, 0.29) is 11.9 Å². The Labute approximate surface area is 154 Å². The van der Waals surface area contributed by atoms with Gasteiger partial charge in [0.05, 0.1) is 13.2 Å². The van der Waals surface area contributed by atoms with Crippen molar-refractivity contribution in [2.75, 3.05) is 25.5 Å². The molecule has 2 aromatic carbocycles. The molecule has 0 aliphatic rings. The van der Waals surface area contributed by atoms with Crippen LogP contribution in [0.25, 0.3) is 6.08 Å². The fourth-order valence-electron chi connectivity index (χ4n) is 2.43. The van der Waals surface area contributed by atoms with E-state index in [4.69, 9.17) is 4.74 Å². The summed E-state index contributed by atoms with van der Waals surface area (Å²) in [5, 5.41) is 2.87. The summed E-state index contributed by atoms with van der Waals surface area (Å²) in [6.45, 7) is 3.14. The topological polar surface area (TPSA) is 58.6 Å². The zero-order valence-corrected chi connectivity index (χ0v) is 15.1. The lowest BCUT2D eigenvalue weighted by Crippen LogP contribution is -2.29. The van der Waals surface area contributed by atoms with Gasteiger partial charge in [0.15, 0.2) is 0 Å². The van der Waals surface area contributed by atoms with Crippen molar-refractivity contribution < 1.29 is 14.3 Å². The Kier molecular flexibility index (Phi) is 7.58. The minimum absolute atomic E-state index is 0.0711. The number of benzene rings is 2. The number of ether oxygens (including phenoxy) is 1. The van der Waals surface area contributed by atoms with Gasteiger partial charge in [-0.15, -0.1) is 0 Å². The largest absolute Gasteiger partial charge is 0.463 e. The predicted molar refractivity (Wildman–Crippen MR) is 104 cm³/mol. The van der Waals surface area contributed by atoms with Crippen molar-refractivity contribution in [1.82, 2.24) is 4.90 Å². The number of nitrogens with zero attached hydrogens (tertiary/aromatic N) is 1. The number of hydrogen-bond acceptors (Lipinski definition) is 4. The Morgan fingerprint density at radius 3 is 2.42 bits per heavy atom. The van der Waals surface area contributed by atoms with Gasteiger partial charge >= 0.3 is 5.97 Å². The van der Waals surface area contributed by atoms with Gasteiger partial charge in [0.25, 0.3) is 0 Å². The van der Waals surface area contributed by atoms with Gasteiger partial charge in [0.2, 0.25) is 5.91 Å². The van der Waals surface area contributed by atoms with E-state index < -0.39 is 0 Å². The summed E-state index contributed by atoms with van der Waals surface area (Å²) in [5.74, 6) is -0.440. The first-order chi connectivity index (χ1) is 12.6. The molecular formula is C21H24N2O3. The number of hydrogen-bond donors (Lipinski definition) is 1. The molecule has 0 spiro atoms. The van der Waals surface area contributed by atoms with E-state index in [2.05, 4.69) is 5.32 Å². The van der Waals surface area contributed by atoms with Crippen molar-refractivity contribution in [2.45, 2.75) is 13.5 Å². The van der Waals surface area contributed by atoms with Crippen molar-refractivity contribution in [3.8, 4) is 0 Å². The van der Waals surface area contributed by atoms with E-state index in [0.29, 0.717) is 19.7 Å². The molecule has 5 nitrogen and oxygen atoms in total. The van der Waals surface area contributed by atoms with Crippen LogP contribution in [0.3, 0.4) is 0 Å². The lowest BCUT2D eigenvalue weighted by Gasteiger charge is -2.16. The highest BCUT2D eigenvalue weighted by molar-refractivity contribution is 5.92. The molecular weight excluding hydrogens is 328 g/mol. The number of amides is 1. The van der Waals surface area contributed by atoms with Crippen LogP contribution in [-0.4, -0.2) is 37.0 Å². The lowest BCUT2D eigenvalue weighted by molar-refractivity contribution is -0.137. The van der Waals surface area contributed by atoms with Gasteiger partial charge in [0.1, 0.15) is 0 Å².